The number of aromatic nitrogens is 1. The number of fused-ring (bicyclic) bond motifs is 1. The maximum absolute atomic E-state index is 12.8. The van der Waals surface area contributed by atoms with Gasteiger partial charge in [0.15, 0.2) is 5.58 Å². The summed E-state index contributed by atoms with van der Waals surface area (Å²) < 4.78 is 16.4. The molecule has 6 heteroatoms. The van der Waals surface area contributed by atoms with E-state index in [9.17, 15) is 4.79 Å². The van der Waals surface area contributed by atoms with Crippen LogP contribution < -0.4 is 14.8 Å². The molecule has 0 saturated heterocycles. The minimum absolute atomic E-state index is 0.264. The highest BCUT2D eigenvalue weighted by Gasteiger charge is 2.15. The average molecular weight is 388 g/mol. The summed E-state index contributed by atoms with van der Waals surface area (Å²) >= 11 is 0. The normalized spacial score (nSPS) is 10.7. The van der Waals surface area contributed by atoms with E-state index in [0.717, 1.165) is 22.2 Å². The van der Waals surface area contributed by atoms with Crippen LogP contribution in [0.2, 0.25) is 0 Å². The number of methoxy groups -OCH3 is 2. The van der Waals surface area contributed by atoms with Crippen LogP contribution in [0.15, 0.2) is 65.1 Å². The van der Waals surface area contributed by atoms with E-state index in [2.05, 4.69) is 10.3 Å². The van der Waals surface area contributed by atoms with Crippen molar-refractivity contribution in [2.45, 2.75) is 6.92 Å². The lowest BCUT2D eigenvalue weighted by atomic mass is 10.1. The Bertz CT molecular complexity index is 1140. The molecule has 4 rings (SSSR count). The Labute approximate surface area is 168 Å². The topological polar surface area (TPSA) is 73.6 Å². The van der Waals surface area contributed by atoms with Gasteiger partial charge in [-0.15, -0.1) is 0 Å². The van der Waals surface area contributed by atoms with E-state index in [-0.39, 0.29) is 5.91 Å². The number of para-hydroxylation sites is 2. The smallest absolute Gasteiger partial charge is 0.255 e. The van der Waals surface area contributed by atoms with Crippen molar-refractivity contribution < 1.29 is 18.7 Å². The van der Waals surface area contributed by atoms with Crippen molar-refractivity contribution in [3.05, 3.63) is 71.8 Å². The number of rotatable bonds is 5. The first-order valence-corrected chi connectivity index (χ1v) is 9.09. The van der Waals surface area contributed by atoms with Gasteiger partial charge in [-0.3, -0.25) is 4.79 Å². The highest BCUT2D eigenvalue weighted by molar-refractivity contribution is 6.05. The number of hydrogen-bond donors (Lipinski definition) is 1. The predicted molar refractivity (Wildman–Crippen MR) is 112 cm³/mol. The van der Waals surface area contributed by atoms with Crippen molar-refractivity contribution in [1.82, 2.24) is 4.98 Å². The maximum Gasteiger partial charge on any atom is 0.255 e. The molecule has 0 unspecified atom stereocenters. The Kier molecular flexibility index (Phi) is 4.91. The molecule has 0 saturated carbocycles. The van der Waals surface area contributed by atoms with Gasteiger partial charge in [0.1, 0.15) is 17.0 Å². The zero-order valence-electron chi connectivity index (χ0n) is 16.4. The van der Waals surface area contributed by atoms with Crippen molar-refractivity contribution in [1.29, 1.82) is 0 Å². The Morgan fingerprint density at radius 3 is 2.38 bits per heavy atom. The SMILES string of the molecule is COc1cc(OC)cc(C(=O)Nc2cccc(-c3nc4ccccc4o3)c2C)c1. The molecule has 1 heterocycles. The number of ether oxygens (including phenoxy) is 2. The summed E-state index contributed by atoms with van der Waals surface area (Å²) in [5.74, 6) is 1.35. The molecule has 1 amide bonds. The molecule has 0 radical (unpaired) electrons. The maximum atomic E-state index is 12.8. The largest absolute Gasteiger partial charge is 0.497 e. The third kappa shape index (κ3) is 3.65. The van der Waals surface area contributed by atoms with Gasteiger partial charge >= 0.3 is 0 Å². The highest BCUT2D eigenvalue weighted by atomic mass is 16.5. The quantitative estimate of drug-likeness (QED) is 0.516. The molecule has 1 N–H and O–H groups in total. The zero-order chi connectivity index (χ0) is 20.4. The second kappa shape index (κ2) is 7.67. The van der Waals surface area contributed by atoms with Crippen LogP contribution in [0.5, 0.6) is 11.5 Å². The minimum Gasteiger partial charge on any atom is -0.497 e. The van der Waals surface area contributed by atoms with E-state index in [1.54, 1.807) is 32.4 Å². The summed E-state index contributed by atoms with van der Waals surface area (Å²) in [6, 6.07) is 18.3. The van der Waals surface area contributed by atoms with Gasteiger partial charge in [0.05, 0.1) is 14.2 Å². The number of carbonyl (C=O) groups is 1. The van der Waals surface area contributed by atoms with Crippen LogP contribution in [0.4, 0.5) is 5.69 Å². The Morgan fingerprint density at radius 1 is 0.966 bits per heavy atom. The summed E-state index contributed by atoms with van der Waals surface area (Å²) in [6.45, 7) is 1.92. The molecular weight excluding hydrogens is 368 g/mol. The zero-order valence-corrected chi connectivity index (χ0v) is 16.4. The number of oxazole rings is 1. The molecular formula is C23H20N2O4. The second-order valence-corrected chi connectivity index (χ2v) is 6.52. The Hall–Kier alpha value is -3.80. The molecule has 0 atom stereocenters. The molecule has 1 aromatic heterocycles. The van der Waals surface area contributed by atoms with Crippen LogP contribution >= 0.6 is 0 Å². The van der Waals surface area contributed by atoms with Crippen LogP contribution in [-0.4, -0.2) is 25.1 Å². The first-order valence-electron chi connectivity index (χ1n) is 9.09. The lowest BCUT2D eigenvalue weighted by Gasteiger charge is -2.12. The minimum atomic E-state index is -0.264. The van der Waals surface area contributed by atoms with E-state index in [0.29, 0.717) is 28.6 Å². The Balaban J connectivity index is 1.66. The lowest BCUT2D eigenvalue weighted by molar-refractivity contribution is 0.102. The van der Waals surface area contributed by atoms with Crippen LogP contribution in [0.3, 0.4) is 0 Å². The number of carbonyl (C=O) groups excluding carboxylic acids is 1. The molecule has 3 aromatic carbocycles. The number of hydrogen-bond acceptors (Lipinski definition) is 5. The van der Waals surface area contributed by atoms with Crippen LogP contribution in [0.1, 0.15) is 15.9 Å². The number of anilines is 1. The van der Waals surface area contributed by atoms with E-state index in [4.69, 9.17) is 13.9 Å². The van der Waals surface area contributed by atoms with Crippen molar-refractivity contribution in [2.24, 2.45) is 0 Å². The second-order valence-electron chi connectivity index (χ2n) is 6.52. The average Bonchev–Trinajstić information content (AvgIpc) is 3.18. The van der Waals surface area contributed by atoms with Gasteiger partial charge in [-0.1, -0.05) is 18.2 Å². The first-order chi connectivity index (χ1) is 14.1. The molecule has 0 spiro atoms. The predicted octanol–water partition coefficient (Wildman–Crippen LogP) is 5.07. The summed E-state index contributed by atoms with van der Waals surface area (Å²) in [5.41, 5.74) is 4.31. The van der Waals surface area contributed by atoms with Gasteiger partial charge in [-0.05, 0) is 48.9 Å². The monoisotopic (exact) mass is 388 g/mol. The first kappa shape index (κ1) is 18.6. The van der Waals surface area contributed by atoms with Gasteiger partial charge in [-0.25, -0.2) is 4.98 Å². The molecule has 0 aliphatic carbocycles. The van der Waals surface area contributed by atoms with Gasteiger partial charge in [-0.2, -0.15) is 0 Å². The number of amides is 1. The Morgan fingerprint density at radius 2 is 1.69 bits per heavy atom. The number of nitrogens with zero attached hydrogens (tertiary/aromatic N) is 1. The molecule has 146 valence electrons. The van der Waals surface area contributed by atoms with Gasteiger partial charge < -0.3 is 19.2 Å². The fraction of sp³-hybridized carbons (Fsp3) is 0.130. The number of benzene rings is 3. The van der Waals surface area contributed by atoms with Crippen LogP contribution in [-0.2, 0) is 0 Å². The third-order valence-corrected chi connectivity index (χ3v) is 4.72. The van der Waals surface area contributed by atoms with Gasteiger partial charge in [0, 0.05) is 22.9 Å². The van der Waals surface area contributed by atoms with E-state index in [1.807, 2.05) is 49.4 Å². The van der Waals surface area contributed by atoms with Crippen molar-refractivity contribution in [2.75, 3.05) is 19.5 Å². The van der Waals surface area contributed by atoms with Crippen molar-refractivity contribution >= 4 is 22.7 Å². The highest BCUT2D eigenvalue weighted by Crippen LogP contribution is 2.31. The molecule has 0 fully saturated rings. The van der Waals surface area contributed by atoms with Crippen molar-refractivity contribution in [3.63, 3.8) is 0 Å². The van der Waals surface area contributed by atoms with E-state index >= 15 is 0 Å². The molecule has 0 aliphatic heterocycles. The molecule has 29 heavy (non-hydrogen) atoms. The molecule has 0 aliphatic rings. The van der Waals surface area contributed by atoms with Crippen LogP contribution in [0.25, 0.3) is 22.6 Å². The molecule has 6 nitrogen and oxygen atoms in total. The van der Waals surface area contributed by atoms with Gasteiger partial charge in [0.25, 0.3) is 5.91 Å². The van der Waals surface area contributed by atoms with E-state index in [1.165, 1.54) is 0 Å². The summed E-state index contributed by atoms with van der Waals surface area (Å²) in [4.78, 5) is 17.4. The molecule has 0 bridgehead atoms. The summed E-state index contributed by atoms with van der Waals surface area (Å²) in [7, 11) is 3.09. The fourth-order valence-electron chi connectivity index (χ4n) is 3.12. The van der Waals surface area contributed by atoms with Crippen LogP contribution in [0, 0.1) is 6.92 Å². The summed E-state index contributed by atoms with van der Waals surface area (Å²) in [5, 5.41) is 2.95. The molecule has 4 aromatic rings. The lowest BCUT2D eigenvalue weighted by Crippen LogP contribution is -2.13. The number of nitrogens with one attached hydrogen (secondary N) is 1. The fourth-order valence-corrected chi connectivity index (χ4v) is 3.12. The third-order valence-electron chi connectivity index (χ3n) is 4.72. The van der Waals surface area contributed by atoms with Crippen molar-refractivity contribution in [3.8, 4) is 23.0 Å². The summed E-state index contributed by atoms with van der Waals surface area (Å²) in [6.07, 6.45) is 0. The standard InChI is InChI=1S/C23H20N2O4/c1-14-18(23-25-20-8-4-5-10-21(20)29-23)7-6-9-19(14)24-22(26)15-11-16(27-2)13-17(12-15)28-3/h4-13H,1-3H3,(H,24,26). The van der Waals surface area contributed by atoms with E-state index < -0.39 is 0 Å². The van der Waals surface area contributed by atoms with Gasteiger partial charge in [0.2, 0.25) is 5.89 Å².